The van der Waals surface area contributed by atoms with Gasteiger partial charge in [0.25, 0.3) is 11.8 Å². The number of carbonyl (C=O) groups excluding carboxylic acids is 3. The van der Waals surface area contributed by atoms with Gasteiger partial charge in [0.1, 0.15) is 25.2 Å². The van der Waals surface area contributed by atoms with E-state index < -0.39 is 24.4 Å². The second kappa shape index (κ2) is 6.60. The Hall–Kier alpha value is -2.77. The molecule has 2 amide bonds. The van der Waals surface area contributed by atoms with E-state index in [2.05, 4.69) is 5.32 Å². The van der Waals surface area contributed by atoms with Crippen molar-refractivity contribution < 1.29 is 28.6 Å². The zero-order valence-electron chi connectivity index (χ0n) is 11.3. The standard InChI is InChI=1S/C13H14N2O6/c1-15-4-2-3-9(15)12(17)14-11(16)8-21-13(18)10-7-19-5-6-20-10/h2-4,7H,5-6,8H2,1H3,(H,14,16,17). The highest BCUT2D eigenvalue weighted by Gasteiger charge is 2.19. The predicted molar refractivity (Wildman–Crippen MR) is 68.8 cm³/mol. The highest BCUT2D eigenvalue weighted by molar-refractivity contribution is 6.04. The van der Waals surface area contributed by atoms with E-state index in [1.54, 1.807) is 29.9 Å². The number of hydrogen-bond donors (Lipinski definition) is 1. The second-order valence-corrected chi connectivity index (χ2v) is 4.16. The molecular weight excluding hydrogens is 280 g/mol. The number of aryl methyl sites for hydroxylation is 1. The molecule has 8 nitrogen and oxygen atoms in total. The molecule has 1 aromatic heterocycles. The van der Waals surface area contributed by atoms with Crippen LogP contribution in [0.1, 0.15) is 10.5 Å². The van der Waals surface area contributed by atoms with Gasteiger partial charge < -0.3 is 18.8 Å². The largest absolute Gasteiger partial charge is 0.493 e. The monoisotopic (exact) mass is 294 g/mol. The topological polar surface area (TPSA) is 95.9 Å². The van der Waals surface area contributed by atoms with Crippen LogP contribution in [0.3, 0.4) is 0 Å². The maximum Gasteiger partial charge on any atom is 0.377 e. The van der Waals surface area contributed by atoms with Gasteiger partial charge in [0.05, 0.1) is 0 Å². The van der Waals surface area contributed by atoms with Crippen LogP contribution < -0.4 is 5.32 Å². The normalized spacial score (nSPS) is 13.5. The maximum absolute atomic E-state index is 11.7. The number of imide groups is 1. The molecule has 8 heteroatoms. The van der Waals surface area contributed by atoms with Crippen molar-refractivity contribution in [3.05, 3.63) is 36.0 Å². The van der Waals surface area contributed by atoms with E-state index in [1.807, 2.05) is 0 Å². The summed E-state index contributed by atoms with van der Waals surface area (Å²) in [5.41, 5.74) is 0.321. The van der Waals surface area contributed by atoms with Crippen molar-refractivity contribution in [3.63, 3.8) is 0 Å². The maximum atomic E-state index is 11.7. The molecule has 0 aromatic carbocycles. The first-order valence-corrected chi connectivity index (χ1v) is 6.15. The Morgan fingerprint density at radius 1 is 1.38 bits per heavy atom. The van der Waals surface area contributed by atoms with E-state index in [-0.39, 0.29) is 12.4 Å². The Balaban J connectivity index is 1.80. The number of nitrogens with zero attached hydrogens (tertiary/aromatic N) is 1. The summed E-state index contributed by atoms with van der Waals surface area (Å²) in [6.07, 6.45) is 2.80. The molecule has 0 spiro atoms. The SMILES string of the molecule is Cn1cccc1C(=O)NC(=O)COC(=O)C1=COCCO1. The smallest absolute Gasteiger partial charge is 0.377 e. The van der Waals surface area contributed by atoms with Crippen LogP contribution >= 0.6 is 0 Å². The number of esters is 1. The minimum Gasteiger partial charge on any atom is -0.493 e. The van der Waals surface area contributed by atoms with Crippen molar-refractivity contribution in [2.45, 2.75) is 0 Å². The highest BCUT2D eigenvalue weighted by atomic mass is 16.6. The lowest BCUT2D eigenvalue weighted by atomic mass is 10.4. The van der Waals surface area contributed by atoms with Crippen LogP contribution in [0.2, 0.25) is 0 Å². The van der Waals surface area contributed by atoms with E-state index in [1.165, 1.54) is 0 Å². The molecule has 1 aliphatic heterocycles. The molecule has 0 atom stereocenters. The van der Waals surface area contributed by atoms with Crippen LogP contribution in [0.15, 0.2) is 30.4 Å². The van der Waals surface area contributed by atoms with Gasteiger partial charge in [-0.1, -0.05) is 0 Å². The lowest BCUT2D eigenvalue weighted by Crippen LogP contribution is -2.35. The Labute approximate surface area is 120 Å². The van der Waals surface area contributed by atoms with Gasteiger partial charge in [-0.2, -0.15) is 0 Å². The molecule has 2 rings (SSSR count). The number of nitrogens with one attached hydrogen (secondary N) is 1. The number of rotatable bonds is 4. The fraction of sp³-hybridized carbons (Fsp3) is 0.308. The molecule has 0 saturated carbocycles. The molecule has 0 fully saturated rings. The quantitative estimate of drug-likeness (QED) is 0.767. The first-order chi connectivity index (χ1) is 10.1. The lowest BCUT2D eigenvalue weighted by Gasteiger charge is -2.14. The van der Waals surface area contributed by atoms with Crippen LogP contribution in [-0.2, 0) is 30.8 Å². The van der Waals surface area contributed by atoms with Gasteiger partial charge in [-0.05, 0) is 12.1 Å². The number of ether oxygens (including phenoxy) is 3. The molecule has 0 aliphatic carbocycles. The highest BCUT2D eigenvalue weighted by Crippen LogP contribution is 2.06. The van der Waals surface area contributed by atoms with E-state index >= 15 is 0 Å². The number of amides is 2. The zero-order chi connectivity index (χ0) is 15.2. The summed E-state index contributed by atoms with van der Waals surface area (Å²) in [6, 6.07) is 3.24. The predicted octanol–water partition coefficient (Wildman–Crippen LogP) is -0.287. The molecule has 112 valence electrons. The number of aromatic nitrogens is 1. The van der Waals surface area contributed by atoms with Gasteiger partial charge in [0, 0.05) is 13.2 Å². The van der Waals surface area contributed by atoms with Crippen LogP contribution in [0.4, 0.5) is 0 Å². The van der Waals surface area contributed by atoms with Crippen molar-refractivity contribution in [3.8, 4) is 0 Å². The Morgan fingerprint density at radius 3 is 2.81 bits per heavy atom. The van der Waals surface area contributed by atoms with Crippen LogP contribution in [-0.4, -0.2) is 42.2 Å². The van der Waals surface area contributed by atoms with Crippen molar-refractivity contribution in [2.24, 2.45) is 7.05 Å². The van der Waals surface area contributed by atoms with Gasteiger partial charge >= 0.3 is 5.97 Å². The third-order valence-corrected chi connectivity index (χ3v) is 2.61. The third kappa shape index (κ3) is 3.85. The molecule has 0 saturated heterocycles. The van der Waals surface area contributed by atoms with Gasteiger partial charge in [0.15, 0.2) is 6.61 Å². The van der Waals surface area contributed by atoms with E-state index in [9.17, 15) is 14.4 Å². The molecular formula is C13H14N2O6. The van der Waals surface area contributed by atoms with E-state index in [0.717, 1.165) is 6.26 Å². The number of carbonyl (C=O) groups is 3. The summed E-state index contributed by atoms with van der Waals surface area (Å²) in [5, 5.41) is 2.11. The molecule has 0 bridgehead atoms. The fourth-order valence-electron chi connectivity index (χ4n) is 1.60. The Morgan fingerprint density at radius 2 is 2.19 bits per heavy atom. The summed E-state index contributed by atoms with van der Waals surface area (Å²) in [7, 11) is 1.67. The Bertz CT molecular complexity index is 589. The summed E-state index contributed by atoms with van der Waals surface area (Å²) >= 11 is 0. The molecule has 1 N–H and O–H groups in total. The van der Waals surface area contributed by atoms with Crippen molar-refractivity contribution >= 4 is 17.8 Å². The minimum absolute atomic E-state index is 0.109. The molecule has 21 heavy (non-hydrogen) atoms. The van der Waals surface area contributed by atoms with Crippen molar-refractivity contribution in [1.82, 2.24) is 9.88 Å². The summed E-state index contributed by atoms with van der Waals surface area (Å²) in [6.45, 7) is -0.00274. The molecule has 2 heterocycles. The lowest BCUT2D eigenvalue weighted by molar-refractivity contribution is -0.149. The number of hydrogen-bond acceptors (Lipinski definition) is 6. The van der Waals surface area contributed by atoms with Gasteiger partial charge in [0.2, 0.25) is 5.76 Å². The molecule has 1 aromatic rings. The average Bonchev–Trinajstić information content (AvgIpc) is 2.92. The second-order valence-electron chi connectivity index (χ2n) is 4.16. The van der Waals surface area contributed by atoms with Crippen LogP contribution in [0.25, 0.3) is 0 Å². The third-order valence-electron chi connectivity index (χ3n) is 2.61. The zero-order valence-corrected chi connectivity index (χ0v) is 11.3. The molecule has 0 radical (unpaired) electrons. The average molecular weight is 294 g/mol. The summed E-state index contributed by atoms with van der Waals surface area (Å²) < 4.78 is 16.1. The Kier molecular flexibility index (Phi) is 4.60. The minimum atomic E-state index is -0.823. The van der Waals surface area contributed by atoms with E-state index in [4.69, 9.17) is 14.2 Å². The fourth-order valence-corrected chi connectivity index (χ4v) is 1.60. The first kappa shape index (κ1) is 14.6. The van der Waals surface area contributed by atoms with Gasteiger partial charge in [-0.25, -0.2) is 4.79 Å². The molecule has 1 aliphatic rings. The van der Waals surface area contributed by atoms with Crippen LogP contribution in [0.5, 0.6) is 0 Å². The first-order valence-electron chi connectivity index (χ1n) is 6.15. The van der Waals surface area contributed by atoms with Gasteiger partial charge in [-0.3, -0.25) is 14.9 Å². The van der Waals surface area contributed by atoms with Crippen molar-refractivity contribution in [1.29, 1.82) is 0 Å². The van der Waals surface area contributed by atoms with Crippen molar-refractivity contribution in [2.75, 3.05) is 19.8 Å². The summed E-state index contributed by atoms with van der Waals surface area (Å²) in [4.78, 5) is 34.8. The van der Waals surface area contributed by atoms with Gasteiger partial charge in [-0.15, -0.1) is 0 Å². The molecule has 0 unspecified atom stereocenters. The van der Waals surface area contributed by atoms with E-state index in [0.29, 0.717) is 12.3 Å². The van der Waals surface area contributed by atoms with Crippen LogP contribution in [0, 0.1) is 0 Å². The summed E-state index contributed by atoms with van der Waals surface area (Å²) in [5.74, 6) is -2.23.